The highest BCUT2D eigenvalue weighted by Crippen LogP contribution is 2.24. The number of allylic oxidation sites excluding steroid dienone is 4. The normalized spacial score (nSPS) is 20.6. The van der Waals surface area contributed by atoms with E-state index in [1.165, 1.54) is 0 Å². The molecule has 4 nitrogen and oxygen atoms in total. The fourth-order valence-corrected chi connectivity index (χ4v) is 2.53. The molecule has 2 aromatic heterocycles. The van der Waals surface area contributed by atoms with E-state index < -0.39 is 0 Å². The maximum Gasteiger partial charge on any atom is 0.188 e. The number of pyridine rings is 2. The van der Waals surface area contributed by atoms with Crippen LogP contribution in [0, 0.1) is 11.8 Å². The number of Topliss-reactive ketones (excluding diaryl/α,β-unsaturated/α-hetero) is 1. The summed E-state index contributed by atoms with van der Waals surface area (Å²) in [5.41, 5.74) is 1.38. The maximum absolute atomic E-state index is 12.6. The summed E-state index contributed by atoms with van der Waals surface area (Å²) in [6.07, 6.45) is 11.6. The molecule has 21 heavy (non-hydrogen) atoms. The third kappa shape index (κ3) is 2.40. The largest absolute Gasteiger partial charge is 0.298 e. The van der Waals surface area contributed by atoms with Gasteiger partial charge in [-0.3, -0.25) is 14.6 Å². The van der Waals surface area contributed by atoms with E-state index in [9.17, 15) is 9.59 Å². The van der Waals surface area contributed by atoms with Gasteiger partial charge in [-0.2, -0.15) is 0 Å². The topological polar surface area (TPSA) is 59.9 Å². The lowest BCUT2D eigenvalue weighted by atomic mass is 9.85. The summed E-state index contributed by atoms with van der Waals surface area (Å²) in [6, 6.07) is 3.26. The third-order valence-corrected chi connectivity index (χ3v) is 3.74. The highest BCUT2D eigenvalue weighted by Gasteiger charge is 2.25. The van der Waals surface area contributed by atoms with Gasteiger partial charge >= 0.3 is 0 Å². The van der Waals surface area contributed by atoms with Crippen molar-refractivity contribution in [3.05, 3.63) is 60.1 Å². The Bertz CT molecular complexity index is 777. The molecular weight excluding hydrogens is 264 g/mol. The number of nitrogens with zero attached hydrogens (tertiary/aromatic N) is 2. The summed E-state index contributed by atoms with van der Waals surface area (Å²) in [4.78, 5) is 32.3. The molecule has 4 heteroatoms. The molecule has 0 saturated carbocycles. The van der Waals surface area contributed by atoms with Gasteiger partial charge in [0.05, 0.1) is 5.52 Å². The Kier molecular flexibility index (Phi) is 3.44. The van der Waals surface area contributed by atoms with Gasteiger partial charge < -0.3 is 0 Å². The van der Waals surface area contributed by atoms with E-state index in [0.29, 0.717) is 22.2 Å². The predicted molar refractivity (Wildman–Crippen MR) is 80.2 cm³/mol. The predicted octanol–water partition coefficient (Wildman–Crippen LogP) is 3.00. The highest BCUT2D eigenvalue weighted by atomic mass is 16.1. The maximum atomic E-state index is 12.6. The quantitative estimate of drug-likeness (QED) is 0.639. The molecule has 2 atom stereocenters. The van der Waals surface area contributed by atoms with Gasteiger partial charge in [0, 0.05) is 29.3 Å². The number of fused-ring (bicyclic) bond motifs is 1. The molecule has 0 N–H and O–H groups in total. The van der Waals surface area contributed by atoms with Crippen molar-refractivity contribution in [1.82, 2.24) is 9.97 Å². The second kappa shape index (κ2) is 5.40. The van der Waals surface area contributed by atoms with Gasteiger partial charge in [-0.15, -0.1) is 0 Å². The van der Waals surface area contributed by atoms with Gasteiger partial charge in [-0.1, -0.05) is 31.2 Å². The minimum Gasteiger partial charge on any atom is -0.298 e. The number of aromatic nitrogens is 2. The Balaban J connectivity index is 2.08. The van der Waals surface area contributed by atoms with Crippen molar-refractivity contribution in [2.45, 2.75) is 6.92 Å². The van der Waals surface area contributed by atoms with Crippen LogP contribution < -0.4 is 0 Å². The summed E-state index contributed by atoms with van der Waals surface area (Å²) in [5, 5.41) is 0.663. The Hall–Kier alpha value is -2.62. The zero-order chi connectivity index (χ0) is 14.8. The third-order valence-electron chi connectivity index (χ3n) is 3.74. The summed E-state index contributed by atoms with van der Waals surface area (Å²) in [5.74, 6) is -0.177. The minimum absolute atomic E-state index is 0.0649. The number of hydrogen-bond donors (Lipinski definition) is 0. The lowest BCUT2D eigenvalue weighted by molar-refractivity contribution is 0.0921. The van der Waals surface area contributed by atoms with Crippen LogP contribution in [-0.2, 0) is 0 Å². The number of carbonyl (C=O) groups excluding carboxylic acids is 2. The van der Waals surface area contributed by atoms with Crippen molar-refractivity contribution < 1.29 is 9.59 Å². The van der Waals surface area contributed by atoms with Crippen LogP contribution in [0.15, 0.2) is 48.8 Å². The van der Waals surface area contributed by atoms with Crippen LogP contribution in [0.4, 0.5) is 0 Å². The first-order chi connectivity index (χ1) is 10.2. The molecular formula is C17H14N2O2. The van der Waals surface area contributed by atoms with Crippen molar-refractivity contribution in [1.29, 1.82) is 0 Å². The first-order valence-corrected chi connectivity index (χ1v) is 6.80. The van der Waals surface area contributed by atoms with E-state index >= 15 is 0 Å². The molecule has 0 bridgehead atoms. The van der Waals surface area contributed by atoms with E-state index in [1.54, 1.807) is 24.5 Å². The summed E-state index contributed by atoms with van der Waals surface area (Å²) in [7, 11) is 0. The molecule has 3 rings (SSSR count). The smallest absolute Gasteiger partial charge is 0.188 e. The Morgan fingerprint density at radius 1 is 1.29 bits per heavy atom. The number of hydrogen-bond acceptors (Lipinski definition) is 4. The van der Waals surface area contributed by atoms with E-state index in [4.69, 9.17) is 0 Å². The molecule has 0 spiro atoms. The Labute approximate surface area is 122 Å². The van der Waals surface area contributed by atoms with Crippen molar-refractivity contribution in [2.75, 3.05) is 0 Å². The van der Waals surface area contributed by atoms with Crippen LogP contribution >= 0.6 is 0 Å². The fraction of sp³-hybridized carbons (Fsp3) is 0.176. The molecule has 0 radical (unpaired) electrons. The van der Waals surface area contributed by atoms with E-state index in [1.807, 2.05) is 31.2 Å². The van der Waals surface area contributed by atoms with Gasteiger partial charge in [0.15, 0.2) is 12.1 Å². The summed E-state index contributed by atoms with van der Waals surface area (Å²) in [6.45, 7) is 1.99. The van der Waals surface area contributed by atoms with Gasteiger partial charge in [0.1, 0.15) is 5.69 Å². The average Bonchev–Trinajstić information content (AvgIpc) is 2.53. The van der Waals surface area contributed by atoms with Gasteiger partial charge in [0.25, 0.3) is 0 Å². The fourth-order valence-electron chi connectivity index (χ4n) is 2.53. The van der Waals surface area contributed by atoms with Crippen molar-refractivity contribution in [3.8, 4) is 0 Å². The standard InChI is InChI=1S/C17H14N2O2/c1-11-4-2-3-5-13(11)17(21)16-8-12(10-20)14-9-18-7-6-15(14)19-16/h2-11,13H,1H3/t11-,13-/m0/s1. The van der Waals surface area contributed by atoms with E-state index in [2.05, 4.69) is 9.97 Å². The number of ketones is 1. The molecule has 1 aliphatic carbocycles. The zero-order valence-corrected chi connectivity index (χ0v) is 11.6. The van der Waals surface area contributed by atoms with Crippen LogP contribution in [0.1, 0.15) is 27.8 Å². The van der Waals surface area contributed by atoms with E-state index in [0.717, 1.165) is 6.29 Å². The van der Waals surface area contributed by atoms with Gasteiger partial charge in [-0.05, 0) is 18.1 Å². The number of rotatable bonds is 3. The van der Waals surface area contributed by atoms with Crippen LogP contribution in [0.2, 0.25) is 0 Å². The van der Waals surface area contributed by atoms with Crippen molar-refractivity contribution >= 4 is 23.0 Å². The molecule has 0 saturated heterocycles. The molecule has 1 aliphatic rings. The Morgan fingerprint density at radius 2 is 2.10 bits per heavy atom. The molecule has 0 amide bonds. The van der Waals surface area contributed by atoms with Gasteiger partial charge in [0.2, 0.25) is 0 Å². The first-order valence-electron chi connectivity index (χ1n) is 6.80. The molecule has 0 unspecified atom stereocenters. The second-order valence-corrected chi connectivity index (χ2v) is 5.13. The number of aldehydes is 1. The molecule has 2 heterocycles. The van der Waals surface area contributed by atoms with Crippen LogP contribution in [0.25, 0.3) is 10.9 Å². The SMILES string of the molecule is C[C@H]1C=CC=C[C@@H]1C(=O)c1cc(C=O)c2cnccc2n1. The van der Waals surface area contributed by atoms with Crippen molar-refractivity contribution in [3.63, 3.8) is 0 Å². The lowest BCUT2D eigenvalue weighted by Gasteiger charge is -2.19. The van der Waals surface area contributed by atoms with Crippen molar-refractivity contribution in [2.24, 2.45) is 11.8 Å². The lowest BCUT2D eigenvalue weighted by Crippen LogP contribution is -2.21. The zero-order valence-electron chi connectivity index (χ0n) is 11.6. The Morgan fingerprint density at radius 3 is 2.86 bits per heavy atom. The highest BCUT2D eigenvalue weighted by molar-refractivity contribution is 6.03. The van der Waals surface area contributed by atoms with Gasteiger partial charge in [-0.25, -0.2) is 4.98 Å². The van der Waals surface area contributed by atoms with Crippen LogP contribution in [-0.4, -0.2) is 22.0 Å². The summed E-state index contributed by atoms with van der Waals surface area (Å²) < 4.78 is 0. The number of carbonyl (C=O) groups is 2. The average molecular weight is 278 g/mol. The molecule has 0 aliphatic heterocycles. The molecule has 104 valence electrons. The molecule has 0 fully saturated rings. The second-order valence-electron chi connectivity index (χ2n) is 5.13. The van der Waals surface area contributed by atoms with Crippen LogP contribution in [0.5, 0.6) is 0 Å². The monoisotopic (exact) mass is 278 g/mol. The van der Waals surface area contributed by atoms with E-state index in [-0.39, 0.29) is 17.6 Å². The molecule has 0 aromatic carbocycles. The van der Waals surface area contributed by atoms with Crippen LogP contribution in [0.3, 0.4) is 0 Å². The first kappa shape index (κ1) is 13.4. The minimum atomic E-state index is -0.235. The molecule has 2 aromatic rings. The summed E-state index contributed by atoms with van der Waals surface area (Å²) >= 11 is 0.